The van der Waals surface area contributed by atoms with E-state index in [0.29, 0.717) is 5.96 Å². The second kappa shape index (κ2) is 5.82. The van der Waals surface area contributed by atoms with Crippen molar-refractivity contribution in [2.45, 2.75) is 19.4 Å². The van der Waals surface area contributed by atoms with E-state index < -0.39 is 0 Å². The van der Waals surface area contributed by atoms with E-state index in [9.17, 15) is 0 Å². The van der Waals surface area contributed by atoms with Crippen molar-refractivity contribution >= 4 is 17.7 Å². The zero-order valence-electron chi connectivity index (χ0n) is 8.57. The zero-order valence-corrected chi connectivity index (χ0v) is 9.39. The van der Waals surface area contributed by atoms with E-state index in [1.165, 1.54) is 0 Å². The first-order valence-electron chi connectivity index (χ1n) is 4.90. The lowest BCUT2D eigenvalue weighted by Gasteiger charge is -2.27. The van der Waals surface area contributed by atoms with Gasteiger partial charge in [-0.3, -0.25) is 0 Å². The molecule has 0 saturated carbocycles. The lowest BCUT2D eigenvalue weighted by atomic mass is 10.2. The summed E-state index contributed by atoms with van der Waals surface area (Å²) in [5.74, 6) is 5.48. The SMILES string of the molecule is C#CC(CC)N=C(N)N1CCSCC1. The molecule has 1 unspecified atom stereocenters. The van der Waals surface area contributed by atoms with E-state index in [0.717, 1.165) is 31.0 Å². The Balaban J connectivity index is 2.53. The Labute approximate surface area is 90.1 Å². The van der Waals surface area contributed by atoms with E-state index in [4.69, 9.17) is 12.2 Å². The molecule has 1 fully saturated rings. The van der Waals surface area contributed by atoms with Gasteiger partial charge in [-0.2, -0.15) is 11.8 Å². The maximum Gasteiger partial charge on any atom is 0.192 e. The minimum absolute atomic E-state index is 0.0652. The molecule has 4 heteroatoms. The number of hydrogen-bond donors (Lipinski definition) is 1. The van der Waals surface area contributed by atoms with Gasteiger partial charge in [-0.25, -0.2) is 4.99 Å². The van der Waals surface area contributed by atoms with Crippen molar-refractivity contribution in [1.82, 2.24) is 4.90 Å². The van der Waals surface area contributed by atoms with Gasteiger partial charge in [-0.1, -0.05) is 12.8 Å². The Morgan fingerprint density at radius 2 is 2.29 bits per heavy atom. The Morgan fingerprint density at radius 3 is 2.79 bits per heavy atom. The minimum Gasteiger partial charge on any atom is -0.370 e. The van der Waals surface area contributed by atoms with Crippen molar-refractivity contribution in [3.8, 4) is 12.3 Å². The second-order valence-corrected chi connectivity index (χ2v) is 4.40. The molecule has 1 saturated heterocycles. The Bertz CT molecular complexity index is 238. The maximum absolute atomic E-state index is 5.87. The van der Waals surface area contributed by atoms with Crippen LogP contribution >= 0.6 is 11.8 Å². The molecule has 0 spiro atoms. The summed E-state index contributed by atoms with van der Waals surface area (Å²) < 4.78 is 0. The van der Waals surface area contributed by atoms with E-state index in [1.54, 1.807) is 0 Å². The van der Waals surface area contributed by atoms with Gasteiger partial charge in [0.15, 0.2) is 5.96 Å². The number of aliphatic imine (C=N–C) groups is 1. The molecule has 14 heavy (non-hydrogen) atoms. The van der Waals surface area contributed by atoms with Crippen molar-refractivity contribution in [2.24, 2.45) is 10.7 Å². The number of guanidine groups is 1. The summed E-state index contributed by atoms with van der Waals surface area (Å²) in [5, 5.41) is 0. The fraction of sp³-hybridized carbons (Fsp3) is 0.700. The van der Waals surface area contributed by atoms with Crippen LogP contribution in [0, 0.1) is 12.3 Å². The summed E-state index contributed by atoms with van der Waals surface area (Å²) in [4.78, 5) is 6.42. The van der Waals surface area contributed by atoms with Crippen molar-refractivity contribution in [1.29, 1.82) is 0 Å². The van der Waals surface area contributed by atoms with E-state index in [1.807, 2.05) is 18.7 Å². The lowest BCUT2D eigenvalue weighted by Crippen LogP contribution is -2.43. The van der Waals surface area contributed by atoms with Crippen molar-refractivity contribution < 1.29 is 0 Å². The predicted octanol–water partition coefficient (Wildman–Crippen LogP) is 0.762. The smallest absolute Gasteiger partial charge is 0.192 e. The molecule has 2 N–H and O–H groups in total. The molecular weight excluding hydrogens is 194 g/mol. The molecular formula is C10H17N3S. The van der Waals surface area contributed by atoms with Crippen LogP contribution in [0.1, 0.15) is 13.3 Å². The third kappa shape index (κ3) is 3.15. The number of rotatable bonds is 2. The third-order valence-electron chi connectivity index (χ3n) is 2.20. The first-order chi connectivity index (χ1) is 6.77. The largest absolute Gasteiger partial charge is 0.370 e. The highest BCUT2D eigenvalue weighted by Gasteiger charge is 2.13. The quantitative estimate of drug-likeness (QED) is 0.416. The third-order valence-corrected chi connectivity index (χ3v) is 3.14. The standard InChI is InChI=1S/C10H17N3S/c1-3-9(4-2)12-10(11)13-5-7-14-8-6-13/h1,9H,4-8H2,2H3,(H2,11,12). The van der Waals surface area contributed by atoms with E-state index in [-0.39, 0.29) is 6.04 Å². The molecule has 1 atom stereocenters. The van der Waals surface area contributed by atoms with Crippen LogP contribution in [0.4, 0.5) is 0 Å². The fourth-order valence-electron chi connectivity index (χ4n) is 1.28. The van der Waals surface area contributed by atoms with Crippen molar-refractivity contribution in [3.63, 3.8) is 0 Å². The van der Waals surface area contributed by atoms with Crippen molar-refractivity contribution in [3.05, 3.63) is 0 Å². The molecule has 0 aromatic heterocycles. The summed E-state index contributed by atoms with van der Waals surface area (Å²) in [6.07, 6.45) is 6.17. The molecule has 0 aromatic rings. The van der Waals surface area contributed by atoms with Gasteiger partial charge < -0.3 is 10.6 Å². The molecule has 0 aromatic carbocycles. The Morgan fingerprint density at radius 1 is 1.64 bits per heavy atom. The molecule has 1 rings (SSSR count). The molecule has 0 radical (unpaired) electrons. The first-order valence-corrected chi connectivity index (χ1v) is 6.05. The highest BCUT2D eigenvalue weighted by molar-refractivity contribution is 7.99. The zero-order chi connectivity index (χ0) is 10.4. The van der Waals surface area contributed by atoms with Gasteiger partial charge in [0, 0.05) is 24.6 Å². The summed E-state index contributed by atoms with van der Waals surface area (Å²) in [5.41, 5.74) is 5.87. The average Bonchev–Trinajstić information content (AvgIpc) is 2.26. The van der Waals surface area contributed by atoms with E-state index >= 15 is 0 Å². The van der Waals surface area contributed by atoms with Crippen LogP contribution in [0.5, 0.6) is 0 Å². The average molecular weight is 211 g/mol. The predicted molar refractivity (Wildman–Crippen MR) is 63.4 cm³/mol. The van der Waals surface area contributed by atoms with Crippen LogP contribution in [0.3, 0.4) is 0 Å². The lowest BCUT2D eigenvalue weighted by molar-refractivity contribution is 0.454. The molecule has 1 aliphatic heterocycles. The number of nitrogens with zero attached hydrogens (tertiary/aromatic N) is 2. The summed E-state index contributed by atoms with van der Waals surface area (Å²) in [6, 6.07) is -0.0652. The number of hydrogen-bond acceptors (Lipinski definition) is 2. The van der Waals surface area contributed by atoms with Gasteiger partial charge in [0.2, 0.25) is 0 Å². The monoisotopic (exact) mass is 211 g/mol. The van der Waals surface area contributed by atoms with Crippen LogP contribution in [-0.2, 0) is 0 Å². The van der Waals surface area contributed by atoms with Gasteiger partial charge in [0.05, 0.1) is 0 Å². The maximum atomic E-state index is 5.87. The molecule has 3 nitrogen and oxygen atoms in total. The second-order valence-electron chi connectivity index (χ2n) is 3.18. The molecule has 0 aliphatic carbocycles. The number of thioether (sulfide) groups is 1. The minimum atomic E-state index is -0.0652. The summed E-state index contributed by atoms with van der Waals surface area (Å²) in [7, 11) is 0. The normalized spacial score (nSPS) is 20.3. The molecule has 1 heterocycles. The number of nitrogens with two attached hydrogens (primary N) is 1. The first kappa shape index (κ1) is 11.3. The topological polar surface area (TPSA) is 41.6 Å². The highest BCUT2D eigenvalue weighted by Crippen LogP contribution is 2.09. The van der Waals surface area contributed by atoms with Gasteiger partial charge in [0.25, 0.3) is 0 Å². The van der Waals surface area contributed by atoms with Gasteiger partial charge in [-0.15, -0.1) is 6.42 Å². The summed E-state index contributed by atoms with van der Waals surface area (Å²) in [6.45, 7) is 4.00. The fourth-order valence-corrected chi connectivity index (χ4v) is 2.18. The molecule has 78 valence electrons. The van der Waals surface area contributed by atoms with E-state index in [2.05, 4.69) is 15.8 Å². The molecule has 1 aliphatic rings. The van der Waals surface area contributed by atoms with Crippen LogP contribution in [0.2, 0.25) is 0 Å². The van der Waals surface area contributed by atoms with Crippen LogP contribution in [0.15, 0.2) is 4.99 Å². The van der Waals surface area contributed by atoms with Crippen LogP contribution in [-0.4, -0.2) is 41.5 Å². The molecule has 0 bridgehead atoms. The van der Waals surface area contributed by atoms with Gasteiger partial charge in [-0.05, 0) is 6.42 Å². The molecule has 0 amide bonds. The van der Waals surface area contributed by atoms with Crippen LogP contribution < -0.4 is 5.73 Å². The van der Waals surface area contributed by atoms with Crippen LogP contribution in [0.25, 0.3) is 0 Å². The number of terminal acetylenes is 1. The van der Waals surface area contributed by atoms with Crippen molar-refractivity contribution in [2.75, 3.05) is 24.6 Å². The Kier molecular flexibility index (Phi) is 4.68. The van der Waals surface area contributed by atoms with Gasteiger partial charge >= 0.3 is 0 Å². The Hall–Kier alpha value is -0.820. The van der Waals surface area contributed by atoms with Gasteiger partial charge in [0.1, 0.15) is 6.04 Å². The highest BCUT2D eigenvalue weighted by atomic mass is 32.2. The summed E-state index contributed by atoms with van der Waals surface area (Å²) >= 11 is 1.95.